The van der Waals surface area contributed by atoms with E-state index in [4.69, 9.17) is 5.73 Å². The van der Waals surface area contributed by atoms with Gasteiger partial charge in [-0.05, 0) is 34.1 Å². The van der Waals surface area contributed by atoms with Crippen molar-refractivity contribution in [3.05, 3.63) is 28.5 Å². The third-order valence-electron chi connectivity index (χ3n) is 1.39. The van der Waals surface area contributed by atoms with E-state index in [1.54, 1.807) is 0 Å². The maximum Gasteiger partial charge on any atom is 0.236 e. The largest absolute Gasteiger partial charge is 0.376 e. The van der Waals surface area contributed by atoms with Crippen molar-refractivity contribution in [3.63, 3.8) is 0 Å². The van der Waals surface area contributed by atoms with Gasteiger partial charge in [-0.15, -0.1) is 0 Å². The Morgan fingerprint density at radius 3 is 2.85 bits per heavy atom. The van der Waals surface area contributed by atoms with Crippen LogP contribution in [0.1, 0.15) is 0 Å². The zero-order valence-electron chi connectivity index (χ0n) is 6.68. The van der Waals surface area contributed by atoms with Gasteiger partial charge in [-0.1, -0.05) is 0 Å². The number of halogens is 2. The normalized spacial score (nSPS) is 9.69. The first kappa shape index (κ1) is 9.98. The molecular weight excluding hydrogens is 239 g/mol. The van der Waals surface area contributed by atoms with Crippen LogP contribution >= 0.6 is 15.9 Å². The Morgan fingerprint density at radius 2 is 2.31 bits per heavy atom. The first-order valence-corrected chi connectivity index (χ1v) is 4.36. The summed E-state index contributed by atoms with van der Waals surface area (Å²) < 4.78 is 13.1. The maximum atomic E-state index is 12.7. The zero-order chi connectivity index (χ0) is 9.84. The van der Waals surface area contributed by atoms with Crippen molar-refractivity contribution in [1.29, 1.82) is 0 Å². The number of hydrogen-bond donors (Lipinski definition) is 2. The molecule has 1 rings (SSSR count). The number of carbonyl (C=O) groups excluding carboxylic acids is 1. The first-order valence-electron chi connectivity index (χ1n) is 3.57. The molecule has 0 spiro atoms. The lowest BCUT2D eigenvalue weighted by molar-refractivity contribution is -0.116. The van der Waals surface area contributed by atoms with Crippen LogP contribution in [-0.4, -0.2) is 12.5 Å². The summed E-state index contributed by atoms with van der Waals surface area (Å²) in [6.07, 6.45) is 0. The van der Waals surface area contributed by atoms with Gasteiger partial charge in [0.1, 0.15) is 5.82 Å². The number of amides is 1. The number of anilines is 1. The van der Waals surface area contributed by atoms with Crippen LogP contribution in [0, 0.1) is 5.82 Å². The molecule has 0 heterocycles. The molecule has 3 N–H and O–H groups in total. The third-order valence-corrected chi connectivity index (χ3v) is 1.99. The summed E-state index contributed by atoms with van der Waals surface area (Å²) in [4.78, 5) is 10.4. The Morgan fingerprint density at radius 1 is 1.62 bits per heavy atom. The Labute approximate surface area is 83.2 Å². The fourth-order valence-electron chi connectivity index (χ4n) is 0.795. The van der Waals surface area contributed by atoms with E-state index in [0.717, 1.165) is 0 Å². The van der Waals surface area contributed by atoms with Crippen molar-refractivity contribution in [2.75, 3.05) is 11.9 Å². The van der Waals surface area contributed by atoms with Crippen LogP contribution < -0.4 is 11.1 Å². The first-order chi connectivity index (χ1) is 6.09. The summed E-state index contributed by atoms with van der Waals surface area (Å²) in [6.45, 7) is 0.0398. The van der Waals surface area contributed by atoms with Crippen LogP contribution in [0.15, 0.2) is 22.7 Å². The molecule has 1 aromatic rings. The molecule has 1 amide bonds. The Bertz CT molecular complexity index is 330. The van der Waals surface area contributed by atoms with Gasteiger partial charge >= 0.3 is 0 Å². The molecule has 0 fully saturated rings. The fourth-order valence-corrected chi connectivity index (χ4v) is 1.17. The number of benzene rings is 1. The second-order valence-corrected chi connectivity index (χ2v) is 3.30. The highest BCUT2D eigenvalue weighted by atomic mass is 79.9. The van der Waals surface area contributed by atoms with Gasteiger partial charge in [-0.3, -0.25) is 4.79 Å². The van der Waals surface area contributed by atoms with E-state index < -0.39 is 5.91 Å². The van der Waals surface area contributed by atoms with E-state index >= 15 is 0 Å². The highest BCUT2D eigenvalue weighted by Crippen LogP contribution is 2.19. The van der Waals surface area contributed by atoms with Gasteiger partial charge in [0, 0.05) is 5.69 Å². The van der Waals surface area contributed by atoms with Gasteiger partial charge in [-0.25, -0.2) is 4.39 Å². The number of primary amides is 1. The highest BCUT2D eigenvalue weighted by molar-refractivity contribution is 9.10. The molecule has 1 aromatic carbocycles. The predicted molar refractivity (Wildman–Crippen MR) is 51.8 cm³/mol. The molecule has 0 aliphatic heterocycles. The number of nitrogens with two attached hydrogens (primary N) is 1. The van der Waals surface area contributed by atoms with Crippen molar-refractivity contribution in [1.82, 2.24) is 0 Å². The van der Waals surface area contributed by atoms with Gasteiger partial charge in [0.05, 0.1) is 11.0 Å². The molecule has 0 saturated carbocycles. The summed E-state index contributed by atoms with van der Waals surface area (Å²) in [5.41, 5.74) is 5.57. The van der Waals surface area contributed by atoms with Crippen molar-refractivity contribution in [2.24, 2.45) is 5.73 Å². The lowest BCUT2D eigenvalue weighted by Crippen LogP contribution is -2.21. The van der Waals surface area contributed by atoms with Crippen LogP contribution in [0.25, 0.3) is 0 Å². The van der Waals surface area contributed by atoms with Crippen LogP contribution in [0.4, 0.5) is 10.1 Å². The molecule has 5 heteroatoms. The lowest BCUT2D eigenvalue weighted by atomic mass is 10.3. The van der Waals surface area contributed by atoms with E-state index in [-0.39, 0.29) is 12.4 Å². The predicted octanol–water partition coefficient (Wildman–Crippen LogP) is 1.49. The summed E-state index contributed by atoms with van der Waals surface area (Å²) >= 11 is 3.02. The summed E-state index contributed by atoms with van der Waals surface area (Å²) in [6, 6.07) is 4.37. The minimum absolute atomic E-state index is 0.0398. The molecule has 0 radical (unpaired) electrons. The molecule has 0 atom stereocenters. The minimum atomic E-state index is -0.458. The summed E-state index contributed by atoms with van der Waals surface area (Å²) in [5, 5.41) is 2.74. The Hall–Kier alpha value is -1.10. The molecule has 0 unspecified atom stereocenters. The molecule has 0 aliphatic carbocycles. The van der Waals surface area contributed by atoms with E-state index in [2.05, 4.69) is 21.2 Å². The highest BCUT2D eigenvalue weighted by Gasteiger charge is 2.00. The van der Waals surface area contributed by atoms with E-state index in [0.29, 0.717) is 10.2 Å². The molecular formula is C8H8BrFN2O. The monoisotopic (exact) mass is 246 g/mol. The smallest absolute Gasteiger partial charge is 0.236 e. The summed E-state index contributed by atoms with van der Waals surface area (Å²) in [7, 11) is 0. The molecule has 0 bridgehead atoms. The van der Waals surface area contributed by atoms with Gasteiger partial charge in [0.2, 0.25) is 5.91 Å². The number of hydrogen-bond acceptors (Lipinski definition) is 2. The van der Waals surface area contributed by atoms with Crippen molar-refractivity contribution < 1.29 is 9.18 Å². The molecule has 0 aromatic heterocycles. The van der Waals surface area contributed by atoms with Crippen LogP contribution in [0.3, 0.4) is 0 Å². The van der Waals surface area contributed by atoms with Crippen LogP contribution in [0.2, 0.25) is 0 Å². The molecule has 3 nitrogen and oxygen atoms in total. The number of carbonyl (C=O) groups is 1. The van der Waals surface area contributed by atoms with Crippen molar-refractivity contribution in [2.45, 2.75) is 0 Å². The fraction of sp³-hybridized carbons (Fsp3) is 0.125. The third kappa shape index (κ3) is 3.02. The van der Waals surface area contributed by atoms with Gasteiger partial charge in [0.25, 0.3) is 0 Å². The van der Waals surface area contributed by atoms with Gasteiger partial charge in [-0.2, -0.15) is 0 Å². The van der Waals surface area contributed by atoms with Gasteiger partial charge < -0.3 is 11.1 Å². The molecule has 70 valence electrons. The van der Waals surface area contributed by atoms with Crippen molar-refractivity contribution >= 4 is 27.5 Å². The average Bonchev–Trinajstić information content (AvgIpc) is 2.07. The standard InChI is InChI=1S/C8H8BrFN2O/c9-6-3-5(1-2-7(6)10)12-4-8(11)13/h1-3,12H,4H2,(H2,11,13). The number of rotatable bonds is 3. The second kappa shape index (κ2) is 4.23. The zero-order valence-corrected chi connectivity index (χ0v) is 8.27. The maximum absolute atomic E-state index is 12.7. The lowest BCUT2D eigenvalue weighted by Gasteiger charge is -2.04. The average molecular weight is 247 g/mol. The van der Waals surface area contributed by atoms with E-state index in [9.17, 15) is 9.18 Å². The topological polar surface area (TPSA) is 55.1 Å². The second-order valence-electron chi connectivity index (χ2n) is 2.45. The SMILES string of the molecule is NC(=O)CNc1ccc(F)c(Br)c1. The van der Waals surface area contributed by atoms with E-state index in [1.165, 1.54) is 18.2 Å². The molecule has 0 aliphatic rings. The quantitative estimate of drug-likeness (QED) is 0.850. The van der Waals surface area contributed by atoms with E-state index in [1.807, 2.05) is 0 Å². The molecule has 13 heavy (non-hydrogen) atoms. The van der Waals surface area contributed by atoms with Crippen molar-refractivity contribution in [3.8, 4) is 0 Å². The Balaban J connectivity index is 2.68. The van der Waals surface area contributed by atoms with Crippen LogP contribution in [-0.2, 0) is 4.79 Å². The molecule has 0 saturated heterocycles. The van der Waals surface area contributed by atoms with Gasteiger partial charge in [0.15, 0.2) is 0 Å². The minimum Gasteiger partial charge on any atom is -0.376 e. The Kier molecular flexibility index (Phi) is 3.25. The van der Waals surface area contributed by atoms with Crippen LogP contribution in [0.5, 0.6) is 0 Å². The number of nitrogens with one attached hydrogen (secondary N) is 1. The summed E-state index contributed by atoms with van der Waals surface area (Å²) in [5.74, 6) is -0.801.